The zero-order valence-electron chi connectivity index (χ0n) is 27.3. The number of carbonyl (C=O) groups excluding carboxylic acids is 3. The lowest BCUT2D eigenvalue weighted by atomic mass is 10.0. The van der Waals surface area contributed by atoms with Gasteiger partial charge < -0.3 is 33.9 Å². The molecule has 1 unspecified atom stereocenters. The number of carbonyl (C=O) groups is 3. The Kier molecular flexibility index (Phi) is 9.47. The van der Waals surface area contributed by atoms with E-state index in [4.69, 9.17) is 18.9 Å². The number of H-pyrrole nitrogens is 3. The second-order valence-corrected chi connectivity index (χ2v) is 12.6. The van der Waals surface area contributed by atoms with Crippen molar-refractivity contribution in [1.29, 1.82) is 0 Å². The molecule has 1 saturated heterocycles. The van der Waals surface area contributed by atoms with E-state index < -0.39 is 42.5 Å². The van der Waals surface area contributed by atoms with Crippen LogP contribution in [0.25, 0.3) is 32.7 Å². The number of ether oxygens (including phenoxy) is 4. The van der Waals surface area contributed by atoms with Crippen LogP contribution < -0.4 is 0 Å². The van der Waals surface area contributed by atoms with Crippen molar-refractivity contribution in [3.63, 3.8) is 0 Å². The highest BCUT2D eigenvalue weighted by molar-refractivity contribution is 5.85. The minimum absolute atomic E-state index is 0.0797. The third-order valence-electron chi connectivity index (χ3n) is 9.18. The quantitative estimate of drug-likeness (QED) is 0.0967. The Bertz CT molecular complexity index is 1990. The number of benzene rings is 3. The molecule has 4 atom stereocenters. The second-order valence-electron chi connectivity index (χ2n) is 12.6. The third-order valence-corrected chi connectivity index (χ3v) is 9.18. The smallest absolute Gasteiger partial charge is 0.308 e. The Balaban J connectivity index is 1.03. The van der Waals surface area contributed by atoms with Gasteiger partial charge in [-0.1, -0.05) is 54.6 Å². The molecular weight excluding hydrogens is 622 g/mol. The first-order valence-electron chi connectivity index (χ1n) is 16.8. The van der Waals surface area contributed by atoms with Gasteiger partial charge in [0, 0.05) is 77.0 Å². The van der Waals surface area contributed by atoms with E-state index in [-0.39, 0.29) is 25.7 Å². The van der Waals surface area contributed by atoms with E-state index in [9.17, 15) is 14.4 Å². The first-order chi connectivity index (χ1) is 23.9. The van der Waals surface area contributed by atoms with E-state index in [1.54, 1.807) is 0 Å². The number of aryl methyl sites for hydroxylation is 3. The van der Waals surface area contributed by atoms with Crippen LogP contribution in [0, 0.1) is 0 Å². The van der Waals surface area contributed by atoms with Gasteiger partial charge in [0.15, 0.2) is 0 Å². The molecule has 3 N–H and O–H groups in total. The van der Waals surface area contributed by atoms with Gasteiger partial charge in [-0.25, -0.2) is 0 Å². The largest absolute Gasteiger partial charge is 0.458 e. The van der Waals surface area contributed by atoms with Crippen LogP contribution in [-0.2, 0) is 52.6 Å². The maximum Gasteiger partial charge on any atom is 0.308 e. The Hall–Kier alpha value is -5.35. The lowest BCUT2D eigenvalue weighted by Gasteiger charge is -2.39. The van der Waals surface area contributed by atoms with Gasteiger partial charge in [0.05, 0.1) is 6.10 Å². The van der Waals surface area contributed by atoms with Gasteiger partial charge in [0.2, 0.25) is 12.4 Å². The van der Waals surface area contributed by atoms with Crippen LogP contribution in [0.4, 0.5) is 0 Å². The topological polar surface area (TPSA) is 136 Å². The van der Waals surface area contributed by atoms with Crippen molar-refractivity contribution >= 4 is 50.6 Å². The summed E-state index contributed by atoms with van der Waals surface area (Å²) in [5.41, 5.74) is 5.96. The van der Waals surface area contributed by atoms with Crippen LogP contribution in [0.3, 0.4) is 0 Å². The molecule has 1 aliphatic heterocycles. The van der Waals surface area contributed by atoms with E-state index in [1.165, 1.54) is 0 Å². The molecule has 3 aromatic heterocycles. The highest BCUT2D eigenvalue weighted by Crippen LogP contribution is 2.29. The molecule has 1 fully saturated rings. The summed E-state index contributed by atoms with van der Waals surface area (Å²) in [4.78, 5) is 49.4. The summed E-state index contributed by atoms with van der Waals surface area (Å²) in [6.07, 6.45) is 3.99. The van der Waals surface area contributed by atoms with Crippen molar-refractivity contribution in [2.75, 3.05) is 0 Å². The standard InChI is InChI=1S/C39H39N3O7/c1-24-20-34(47-35(43)17-14-25-21-40-31-11-5-2-8-28(25)31)38(48-36(44)18-15-26-22-41-32-12-6-3-9-29(26)32)39(46-24)49-37(45)19-16-27-23-42-33-13-7-4-10-30(27)33/h2-13,21-24,34,38-42H,14-20H2,1H3/t24-,34+,38+,39?/m0/s1. The van der Waals surface area contributed by atoms with Gasteiger partial charge in [0.25, 0.3) is 0 Å². The van der Waals surface area contributed by atoms with Crippen molar-refractivity contribution in [1.82, 2.24) is 15.0 Å². The zero-order chi connectivity index (χ0) is 33.7. The Labute approximate surface area is 283 Å². The van der Waals surface area contributed by atoms with Gasteiger partial charge in [0.1, 0.15) is 6.10 Å². The minimum Gasteiger partial charge on any atom is -0.458 e. The summed E-state index contributed by atoms with van der Waals surface area (Å²) < 4.78 is 23.8. The summed E-state index contributed by atoms with van der Waals surface area (Å²) in [7, 11) is 0. The molecule has 10 heteroatoms. The van der Waals surface area contributed by atoms with Gasteiger partial charge in [-0.3, -0.25) is 14.4 Å². The molecule has 0 amide bonds. The lowest BCUT2D eigenvalue weighted by molar-refractivity contribution is -0.265. The van der Waals surface area contributed by atoms with E-state index in [0.29, 0.717) is 19.3 Å². The number of aromatic nitrogens is 3. The van der Waals surface area contributed by atoms with Crippen molar-refractivity contribution in [3.8, 4) is 0 Å². The fraction of sp³-hybridized carbons (Fsp3) is 0.308. The normalized spacial score (nSPS) is 19.3. The van der Waals surface area contributed by atoms with Crippen molar-refractivity contribution in [2.24, 2.45) is 0 Å². The third kappa shape index (κ3) is 7.39. The fourth-order valence-corrected chi connectivity index (χ4v) is 6.69. The molecule has 49 heavy (non-hydrogen) atoms. The summed E-state index contributed by atoms with van der Waals surface area (Å²) in [5.74, 6) is -1.45. The number of rotatable bonds is 12. The van der Waals surface area contributed by atoms with Crippen LogP contribution in [0.2, 0.25) is 0 Å². The summed E-state index contributed by atoms with van der Waals surface area (Å²) in [5, 5.41) is 3.13. The van der Waals surface area contributed by atoms with Crippen LogP contribution >= 0.6 is 0 Å². The van der Waals surface area contributed by atoms with E-state index in [2.05, 4.69) is 15.0 Å². The van der Waals surface area contributed by atoms with Gasteiger partial charge in [-0.15, -0.1) is 0 Å². The minimum atomic E-state index is -1.23. The van der Waals surface area contributed by atoms with Gasteiger partial charge >= 0.3 is 17.9 Å². The molecular formula is C39H39N3O7. The number of hydrogen-bond acceptors (Lipinski definition) is 7. The van der Waals surface area contributed by atoms with E-state index in [0.717, 1.165) is 49.4 Å². The summed E-state index contributed by atoms with van der Waals surface area (Å²) in [6.45, 7) is 1.81. The predicted octanol–water partition coefficient (Wildman–Crippen LogP) is 6.83. The Morgan fingerprint density at radius 2 is 1.02 bits per heavy atom. The lowest BCUT2D eigenvalue weighted by Crippen LogP contribution is -2.53. The fourth-order valence-electron chi connectivity index (χ4n) is 6.69. The molecule has 0 radical (unpaired) electrons. The number of nitrogens with one attached hydrogen (secondary N) is 3. The number of fused-ring (bicyclic) bond motifs is 3. The molecule has 0 saturated carbocycles. The molecule has 1 aliphatic rings. The average molecular weight is 662 g/mol. The average Bonchev–Trinajstić information content (AvgIpc) is 3.84. The van der Waals surface area contributed by atoms with Crippen molar-refractivity contribution in [2.45, 2.75) is 76.5 Å². The van der Waals surface area contributed by atoms with Crippen LogP contribution in [0.15, 0.2) is 91.4 Å². The highest BCUT2D eigenvalue weighted by atomic mass is 16.7. The molecule has 10 nitrogen and oxygen atoms in total. The van der Waals surface area contributed by atoms with Crippen LogP contribution in [0.5, 0.6) is 0 Å². The predicted molar refractivity (Wildman–Crippen MR) is 185 cm³/mol. The molecule has 4 heterocycles. The monoisotopic (exact) mass is 661 g/mol. The second kappa shape index (κ2) is 14.4. The molecule has 7 rings (SSSR count). The maximum absolute atomic E-state index is 13.3. The number of hydrogen-bond donors (Lipinski definition) is 3. The SMILES string of the molecule is C[C@H]1C[C@@H](OC(=O)CCc2c[nH]c3ccccc23)[C@@H](OC(=O)CCc2c[nH]c3ccccc23)C(OC(=O)CCc2c[nH]c3ccccc23)O1. The van der Waals surface area contributed by atoms with Gasteiger partial charge in [-0.2, -0.15) is 0 Å². The zero-order valence-corrected chi connectivity index (χ0v) is 27.3. The molecule has 6 aromatic rings. The van der Waals surface area contributed by atoms with Crippen molar-refractivity contribution < 1.29 is 33.3 Å². The van der Waals surface area contributed by atoms with Crippen LogP contribution in [-0.4, -0.2) is 57.5 Å². The molecule has 0 aliphatic carbocycles. The van der Waals surface area contributed by atoms with E-state index in [1.807, 2.05) is 98.3 Å². The van der Waals surface area contributed by atoms with Crippen LogP contribution in [0.1, 0.15) is 49.3 Å². The summed E-state index contributed by atoms with van der Waals surface area (Å²) in [6, 6.07) is 23.7. The highest BCUT2D eigenvalue weighted by Gasteiger charge is 2.44. The molecule has 252 valence electrons. The molecule has 3 aromatic carbocycles. The first kappa shape index (κ1) is 32.2. The Morgan fingerprint density at radius 1 is 0.612 bits per heavy atom. The maximum atomic E-state index is 13.3. The number of esters is 3. The number of para-hydroxylation sites is 3. The Morgan fingerprint density at radius 3 is 1.49 bits per heavy atom. The molecule has 0 bridgehead atoms. The molecule has 0 spiro atoms. The van der Waals surface area contributed by atoms with E-state index >= 15 is 0 Å². The van der Waals surface area contributed by atoms with Crippen molar-refractivity contribution in [3.05, 3.63) is 108 Å². The first-order valence-corrected chi connectivity index (χ1v) is 16.8. The number of aromatic amines is 3. The van der Waals surface area contributed by atoms with Gasteiger partial charge in [-0.05, 0) is 61.1 Å². The summed E-state index contributed by atoms with van der Waals surface area (Å²) >= 11 is 0.